The number of nitrogens with zero attached hydrogens (tertiary/aromatic N) is 5. The van der Waals surface area contributed by atoms with Gasteiger partial charge in [0.25, 0.3) is 0 Å². The third-order valence-electron chi connectivity index (χ3n) is 2.90. The van der Waals surface area contributed by atoms with Crippen LogP contribution in [0, 0.1) is 5.92 Å². The van der Waals surface area contributed by atoms with E-state index in [1.165, 1.54) is 0 Å². The van der Waals surface area contributed by atoms with Crippen molar-refractivity contribution in [3.63, 3.8) is 0 Å². The van der Waals surface area contributed by atoms with E-state index in [0.29, 0.717) is 12.0 Å². The first-order chi connectivity index (χ1) is 8.58. The van der Waals surface area contributed by atoms with Crippen molar-refractivity contribution in [3.8, 4) is 0 Å². The number of hydrogen-bond acceptors (Lipinski definition) is 5. The smallest absolute Gasteiger partial charge is 0.203 e. The zero-order valence-electron chi connectivity index (χ0n) is 11.3. The van der Waals surface area contributed by atoms with Crippen molar-refractivity contribution in [1.29, 1.82) is 0 Å². The largest absolute Gasteiger partial charge is 0.363 e. The van der Waals surface area contributed by atoms with Crippen molar-refractivity contribution in [3.05, 3.63) is 18.7 Å². The zero-order chi connectivity index (χ0) is 13.1. The lowest BCUT2D eigenvalue weighted by atomic mass is 10.0. The third kappa shape index (κ3) is 2.76. The Morgan fingerprint density at radius 1 is 1.39 bits per heavy atom. The predicted octanol–water partition coefficient (Wildman–Crippen LogP) is 1.12. The average Bonchev–Trinajstić information content (AvgIpc) is 2.76. The first kappa shape index (κ1) is 12.8. The van der Waals surface area contributed by atoms with Gasteiger partial charge in [-0.15, -0.1) is 10.2 Å². The fourth-order valence-electron chi connectivity index (χ4n) is 1.85. The van der Waals surface area contributed by atoms with Crippen LogP contribution in [0.4, 0.5) is 5.82 Å². The second-order valence-corrected chi connectivity index (χ2v) is 5.09. The van der Waals surface area contributed by atoms with E-state index in [-0.39, 0.29) is 0 Å². The maximum atomic E-state index is 4.36. The minimum atomic E-state index is 0.329. The molecule has 0 saturated carbocycles. The molecule has 2 rings (SSSR count). The summed E-state index contributed by atoms with van der Waals surface area (Å²) in [5, 5.41) is 11.4. The van der Waals surface area contributed by atoms with Gasteiger partial charge in [-0.1, -0.05) is 13.8 Å². The van der Waals surface area contributed by atoms with Crippen LogP contribution in [0.15, 0.2) is 18.7 Å². The highest BCUT2D eigenvalue weighted by molar-refractivity contribution is 5.61. The van der Waals surface area contributed by atoms with E-state index in [4.69, 9.17) is 0 Å². The normalized spacial score (nSPS) is 13.4. The molecule has 6 nitrogen and oxygen atoms in total. The van der Waals surface area contributed by atoms with Gasteiger partial charge in [0, 0.05) is 25.0 Å². The van der Waals surface area contributed by atoms with E-state index < -0.39 is 0 Å². The van der Waals surface area contributed by atoms with Crippen LogP contribution in [-0.4, -0.2) is 51.2 Å². The van der Waals surface area contributed by atoms with Crippen molar-refractivity contribution < 1.29 is 0 Å². The predicted molar refractivity (Wildman–Crippen MR) is 71.6 cm³/mol. The van der Waals surface area contributed by atoms with E-state index in [1.807, 2.05) is 10.6 Å². The maximum absolute atomic E-state index is 4.36. The fraction of sp³-hybridized carbons (Fsp3) is 0.583. The van der Waals surface area contributed by atoms with Gasteiger partial charge in [0.1, 0.15) is 6.33 Å². The Kier molecular flexibility index (Phi) is 3.76. The van der Waals surface area contributed by atoms with Gasteiger partial charge >= 0.3 is 0 Å². The summed E-state index contributed by atoms with van der Waals surface area (Å²) in [5.41, 5.74) is 0.766. The summed E-state index contributed by atoms with van der Waals surface area (Å²) in [6.07, 6.45) is 5.28. The summed E-state index contributed by atoms with van der Waals surface area (Å²) >= 11 is 0. The Labute approximate surface area is 107 Å². The van der Waals surface area contributed by atoms with Crippen molar-refractivity contribution in [1.82, 2.24) is 24.5 Å². The molecule has 0 amide bonds. The minimum Gasteiger partial charge on any atom is -0.363 e. The third-order valence-corrected chi connectivity index (χ3v) is 2.90. The van der Waals surface area contributed by atoms with E-state index in [2.05, 4.69) is 53.3 Å². The highest BCUT2D eigenvalue weighted by Gasteiger charge is 2.16. The SMILES string of the molecule is CC(C)C(CN(C)C)Nc1nccn2cnnc12. The average molecular weight is 248 g/mol. The van der Waals surface area contributed by atoms with E-state index in [9.17, 15) is 0 Å². The number of rotatable bonds is 5. The van der Waals surface area contributed by atoms with Crippen LogP contribution >= 0.6 is 0 Å². The minimum absolute atomic E-state index is 0.329. The Morgan fingerprint density at radius 2 is 2.17 bits per heavy atom. The number of anilines is 1. The van der Waals surface area contributed by atoms with Gasteiger partial charge in [0.05, 0.1) is 0 Å². The van der Waals surface area contributed by atoms with Crippen molar-refractivity contribution in [2.24, 2.45) is 5.92 Å². The standard InChI is InChI=1S/C12H20N6/c1-9(2)10(7-17(3)4)15-11-12-16-14-8-18(12)6-5-13-11/h5-6,8-10H,7H2,1-4H3,(H,13,15). The molecule has 0 spiro atoms. The molecular weight excluding hydrogens is 228 g/mol. The van der Waals surface area contributed by atoms with E-state index in [0.717, 1.165) is 18.0 Å². The van der Waals surface area contributed by atoms with Crippen molar-refractivity contribution in [2.75, 3.05) is 26.0 Å². The molecule has 0 aliphatic heterocycles. The van der Waals surface area contributed by atoms with Crippen LogP contribution in [0.2, 0.25) is 0 Å². The van der Waals surface area contributed by atoms with Gasteiger partial charge in [0.2, 0.25) is 5.65 Å². The van der Waals surface area contributed by atoms with E-state index in [1.54, 1.807) is 12.5 Å². The highest BCUT2D eigenvalue weighted by atomic mass is 15.3. The van der Waals surface area contributed by atoms with Crippen molar-refractivity contribution in [2.45, 2.75) is 19.9 Å². The number of likely N-dealkylation sites (N-methyl/N-ethyl adjacent to an activating group) is 1. The number of hydrogen-bond donors (Lipinski definition) is 1. The summed E-state index contributed by atoms with van der Waals surface area (Å²) in [7, 11) is 4.14. The molecule has 2 heterocycles. The number of nitrogens with one attached hydrogen (secondary N) is 1. The van der Waals surface area contributed by atoms with Gasteiger partial charge in [-0.05, 0) is 20.0 Å². The van der Waals surface area contributed by atoms with Crippen LogP contribution < -0.4 is 5.32 Å². The van der Waals surface area contributed by atoms with E-state index >= 15 is 0 Å². The molecule has 0 radical (unpaired) electrons. The summed E-state index contributed by atoms with van der Waals surface area (Å²) in [6, 6.07) is 0.329. The highest BCUT2D eigenvalue weighted by Crippen LogP contribution is 2.14. The lowest BCUT2D eigenvalue weighted by molar-refractivity contribution is 0.344. The summed E-state index contributed by atoms with van der Waals surface area (Å²) < 4.78 is 1.86. The molecule has 1 unspecified atom stereocenters. The fourth-order valence-corrected chi connectivity index (χ4v) is 1.85. The molecule has 2 aromatic rings. The Bertz CT molecular complexity index is 504. The Hall–Kier alpha value is -1.69. The maximum Gasteiger partial charge on any atom is 0.203 e. The van der Waals surface area contributed by atoms with Crippen LogP contribution in [-0.2, 0) is 0 Å². The van der Waals surface area contributed by atoms with Gasteiger partial charge in [-0.25, -0.2) is 4.98 Å². The van der Waals surface area contributed by atoms with Crippen LogP contribution in [0.1, 0.15) is 13.8 Å². The van der Waals surface area contributed by atoms with Crippen molar-refractivity contribution >= 4 is 11.5 Å². The molecule has 0 bridgehead atoms. The second-order valence-electron chi connectivity index (χ2n) is 5.09. The molecule has 2 aromatic heterocycles. The lowest BCUT2D eigenvalue weighted by Crippen LogP contribution is -2.36. The molecule has 0 fully saturated rings. The number of fused-ring (bicyclic) bond motifs is 1. The van der Waals surface area contributed by atoms with Gasteiger partial charge in [0.15, 0.2) is 5.82 Å². The monoisotopic (exact) mass is 248 g/mol. The van der Waals surface area contributed by atoms with Gasteiger partial charge in [-0.3, -0.25) is 4.40 Å². The quantitative estimate of drug-likeness (QED) is 0.859. The summed E-state index contributed by atoms with van der Waals surface area (Å²) in [5.74, 6) is 1.30. The van der Waals surface area contributed by atoms with Crippen LogP contribution in [0.5, 0.6) is 0 Å². The first-order valence-corrected chi connectivity index (χ1v) is 6.13. The molecule has 18 heavy (non-hydrogen) atoms. The Balaban J connectivity index is 2.22. The van der Waals surface area contributed by atoms with Crippen LogP contribution in [0.25, 0.3) is 5.65 Å². The van der Waals surface area contributed by atoms with Gasteiger partial charge in [-0.2, -0.15) is 0 Å². The molecule has 1 N–H and O–H groups in total. The molecule has 98 valence electrons. The molecule has 1 atom stereocenters. The summed E-state index contributed by atoms with van der Waals surface area (Å²) in [6.45, 7) is 5.35. The number of aromatic nitrogens is 4. The molecule has 6 heteroatoms. The zero-order valence-corrected chi connectivity index (χ0v) is 11.3. The lowest BCUT2D eigenvalue weighted by Gasteiger charge is -2.26. The first-order valence-electron chi connectivity index (χ1n) is 6.13. The molecule has 0 aliphatic rings. The van der Waals surface area contributed by atoms with Crippen LogP contribution in [0.3, 0.4) is 0 Å². The summed E-state index contributed by atoms with van der Waals surface area (Å²) in [4.78, 5) is 6.52. The molecule has 0 aromatic carbocycles. The topological polar surface area (TPSA) is 58.4 Å². The molecule has 0 aliphatic carbocycles. The Morgan fingerprint density at radius 3 is 2.83 bits per heavy atom. The molecule has 0 saturated heterocycles. The van der Waals surface area contributed by atoms with Gasteiger partial charge < -0.3 is 10.2 Å². The second kappa shape index (κ2) is 5.30. The molecular formula is C12H20N6.